The molecule has 1 aliphatic carbocycles. The molecule has 11 nitrogen and oxygen atoms in total. The Morgan fingerprint density at radius 2 is 1.71 bits per heavy atom. The van der Waals surface area contributed by atoms with Gasteiger partial charge in [0.25, 0.3) is 0 Å². The Labute approximate surface area is 204 Å². The van der Waals surface area contributed by atoms with Crippen molar-refractivity contribution in [3.8, 4) is 0 Å². The third kappa shape index (κ3) is 6.55. The quantitative estimate of drug-likeness (QED) is 0.230. The van der Waals surface area contributed by atoms with E-state index in [2.05, 4.69) is 0 Å². The molecule has 0 aromatic carbocycles. The number of hydrogen-bond acceptors (Lipinski definition) is 11. The monoisotopic (exact) mass is 502 g/mol. The van der Waals surface area contributed by atoms with Crippen LogP contribution in [-0.2, 0) is 23.7 Å². The van der Waals surface area contributed by atoms with Gasteiger partial charge >= 0.3 is 0 Å². The number of rotatable bonds is 7. The predicted molar refractivity (Wildman–Crippen MR) is 121 cm³/mol. The fourth-order valence-corrected chi connectivity index (χ4v) is 4.79. The first kappa shape index (κ1) is 28.3. The summed E-state index contributed by atoms with van der Waals surface area (Å²) in [5.74, 6) is 0.116. The van der Waals surface area contributed by atoms with E-state index in [4.69, 9.17) is 18.9 Å². The number of ether oxygens (including phenoxy) is 4. The van der Waals surface area contributed by atoms with Crippen LogP contribution in [0.4, 0.5) is 0 Å². The Morgan fingerprint density at radius 3 is 2.37 bits per heavy atom. The van der Waals surface area contributed by atoms with Crippen LogP contribution in [-0.4, -0.2) is 111 Å². The number of allylic oxidation sites excluding steroid dienone is 3. The fraction of sp³-hybridized carbons (Fsp3) is 0.792. The van der Waals surface area contributed by atoms with E-state index in [0.717, 1.165) is 5.57 Å². The van der Waals surface area contributed by atoms with E-state index in [9.17, 15) is 35.4 Å². The summed E-state index contributed by atoms with van der Waals surface area (Å²) in [5.41, 5.74) is 0.689. The highest BCUT2D eigenvalue weighted by Gasteiger charge is 2.46. The van der Waals surface area contributed by atoms with Crippen molar-refractivity contribution >= 4 is 5.78 Å². The lowest BCUT2D eigenvalue weighted by molar-refractivity contribution is -0.324. The third-order valence-electron chi connectivity index (χ3n) is 6.82. The molecule has 200 valence electrons. The van der Waals surface area contributed by atoms with Gasteiger partial charge < -0.3 is 49.6 Å². The first-order valence-electron chi connectivity index (χ1n) is 11.8. The summed E-state index contributed by atoms with van der Waals surface area (Å²) in [6.45, 7) is 7.06. The SMILES string of the molecule is CC1=CC(=O)CC(C)(C)[C@@H]1/C=C/[C@@H](C)O[C@@H]1O[C@H](CO[C@@H]2OC[C@H](O)[C@H](O)[C@H]2O)[C@@H](O)[C@H](O)[C@H]1O. The minimum atomic E-state index is -1.59. The molecule has 2 saturated heterocycles. The molecule has 6 N–H and O–H groups in total. The molecule has 0 aromatic rings. The van der Waals surface area contributed by atoms with E-state index in [0.29, 0.717) is 6.42 Å². The summed E-state index contributed by atoms with van der Waals surface area (Å²) >= 11 is 0. The van der Waals surface area contributed by atoms with E-state index >= 15 is 0 Å². The maximum Gasteiger partial charge on any atom is 0.187 e. The number of aliphatic hydroxyl groups excluding tert-OH is 6. The van der Waals surface area contributed by atoms with Gasteiger partial charge in [0.05, 0.1) is 19.3 Å². The highest BCUT2D eigenvalue weighted by atomic mass is 16.7. The summed E-state index contributed by atoms with van der Waals surface area (Å²) in [6.07, 6.45) is -7.31. The topological polar surface area (TPSA) is 175 Å². The van der Waals surface area contributed by atoms with Crippen molar-refractivity contribution in [3.63, 3.8) is 0 Å². The van der Waals surface area contributed by atoms with Crippen molar-refractivity contribution in [1.29, 1.82) is 0 Å². The van der Waals surface area contributed by atoms with Crippen molar-refractivity contribution in [3.05, 3.63) is 23.8 Å². The highest BCUT2D eigenvalue weighted by Crippen LogP contribution is 2.40. The highest BCUT2D eigenvalue weighted by molar-refractivity contribution is 5.92. The Bertz CT molecular complexity index is 796. The van der Waals surface area contributed by atoms with E-state index in [1.165, 1.54) is 0 Å². The molecule has 11 atom stereocenters. The van der Waals surface area contributed by atoms with Crippen molar-refractivity contribution in [2.75, 3.05) is 13.2 Å². The minimum Gasteiger partial charge on any atom is -0.388 e. The minimum absolute atomic E-state index is 0.0211. The maximum atomic E-state index is 11.9. The summed E-state index contributed by atoms with van der Waals surface area (Å²) in [7, 11) is 0. The van der Waals surface area contributed by atoms with Gasteiger partial charge in [-0.3, -0.25) is 4.79 Å². The smallest absolute Gasteiger partial charge is 0.187 e. The van der Waals surface area contributed by atoms with Crippen LogP contribution < -0.4 is 0 Å². The van der Waals surface area contributed by atoms with Gasteiger partial charge in [0, 0.05) is 12.3 Å². The van der Waals surface area contributed by atoms with Gasteiger partial charge in [-0.1, -0.05) is 31.6 Å². The van der Waals surface area contributed by atoms with Crippen LogP contribution >= 0.6 is 0 Å². The van der Waals surface area contributed by atoms with Crippen LogP contribution in [0.3, 0.4) is 0 Å². The Hall–Kier alpha value is -1.25. The molecule has 0 spiro atoms. The lowest BCUT2D eigenvalue weighted by Crippen LogP contribution is -2.60. The summed E-state index contributed by atoms with van der Waals surface area (Å²) in [5, 5.41) is 60.3. The molecule has 2 heterocycles. The molecule has 0 aromatic heterocycles. The lowest BCUT2D eigenvalue weighted by atomic mass is 9.68. The van der Waals surface area contributed by atoms with E-state index in [1.54, 1.807) is 19.1 Å². The molecule has 2 fully saturated rings. The Balaban J connectivity index is 1.60. The second-order valence-corrected chi connectivity index (χ2v) is 10.3. The summed E-state index contributed by atoms with van der Waals surface area (Å²) in [4.78, 5) is 11.9. The average molecular weight is 503 g/mol. The van der Waals surface area contributed by atoms with Crippen LogP contribution in [0, 0.1) is 11.3 Å². The van der Waals surface area contributed by atoms with Crippen molar-refractivity contribution in [2.24, 2.45) is 11.3 Å². The number of ketones is 1. The molecule has 3 rings (SSSR count). The average Bonchev–Trinajstić information content (AvgIpc) is 2.76. The predicted octanol–water partition coefficient (Wildman–Crippen LogP) is -1.23. The normalized spacial score (nSPS) is 43.3. The molecule has 35 heavy (non-hydrogen) atoms. The Morgan fingerprint density at radius 1 is 1.06 bits per heavy atom. The zero-order chi connectivity index (χ0) is 26.1. The number of carbonyl (C=O) groups is 1. The van der Waals surface area contributed by atoms with Crippen LogP contribution in [0.1, 0.15) is 34.1 Å². The molecule has 2 aliphatic heterocycles. The molecular formula is C24H38O11. The maximum absolute atomic E-state index is 11.9. The first-order valence-corrected chi connectivity index (χ1v) is 11.8. The van der Waals surface area contributed by atoms with Crippen LogP contribution in [0.15, 0.2) is 23.8 Å². The molecule has 0 saturated carbocycles. The van der Waals surface area contributed by atoms with Crippen LogP contribution in [0.2, 0.25) is 0 Å². The van der Waals surface area contributed by atoms with Gasteiger partial charge in [-0.2, -0.15) is 0 Å². The van der Waals surface area contributed by atoms with Crippen LogP contribution in [0.5, 0.6) is 0 Å². The summed E-state index contributed by atoms with van der Waals surface area (Å²) in [6, 6.07) is 0. The lowest BCUT2D eigenvalue weighted by Gasteiger charge is -2.42. The largest absolute Gasteiger partial charge is 0.388 e. The van der Waals surface area contributed by atoms with Gasteiger partial charge in [0.15, 0.2) is 18.4 Å². The molecular weight excluding hydrogens is 464 g/mol. The molecule has 11 heteroatoms. The van der Waals surface area contributed by atoms with Gasteiger partial charge in [0.1, 0.15) is 42.7 Å². The number of aliphatic hydroxyl groups is 6. The number of carbonyl (C=O) groups excluding carboxylic acids is 1. The van der Waals surface area contributed by atoms with Gasteiger partial charge in [0.2, 0.25) is 0 Å². The molecule has 0 bridgehead atoms. The van der Waals surface area contributed by atoms with Gasteiger partial charge in [-0.15, -0.1) is 0 Å². The molecule has 0 radical (unpaired) electrons. The zero-order valence-corrected chi connectivity index (χ0v) is 20.4. The zero-order valence-electron chi connectivity index (χ0n) is 20.4. The van der Waals surface area contributed by atoms with Crippen molar-refractivity contribution in [1.82, 2.24) is 0 Å². The Kier molecular flexibility index (Phi) is 9.25. The second-order valence-electron chi connectivity index (χ2n) is 10.3. The van der Waals surface area contributed by atoms with E-state index < -0.39 is 61.4 Å². The van der Waals surface area contributed by atoms with Crippen molar-refractivity contribution < 1.29 is 54.4 Å². The third-order valence-corrected chi connectivity index (χ3v) is 6.82. The van der Waals surface area contributed by atoms with Gasteiger partial charge in [-0.25, -0.2) is 0 Å². The molecule has 0 unspecified atom stereocenters. The van der Waals surface area contributed by atoms with E-state index in [1.807, 2.05) is 26.8 Å². The molecule has 3 aliphatic rings. The van der Waals surface area contributed by atoms with Crippen LogP contribution in [0.25, 0.3) is 0 Å². The second kappa shape index (κ2) is 11.4. The summed E-state index contributed by atoms with van der Waals surface area (Å²) < 4.78 is 22.0. The number of hydrogen-bond donors (Lipinski definition) is 6. The van der Waals surface area contributed by atoms with E-state index in [-0.39, 0.29) is 30.3 Å². The molecule has 0 amide bonds. The fourth-order valence-electron chi connectivity index (χ4n) is 4.79. The first-order chi connectivity index (χ1) is 16.3. The van der Waals surface area contributed by atoms with Crippen molar-refractivity contribution in [2.45, 2.75) is 95.5 Å². The van der Waals surface area contributed by atoms with Gasteiger partial charge in [-0.05, 0) is 25.3 Å². The standard InChI is InChI=1S/C24H38O11/c1-11-7-13(25)8-24(3,4)14(11)6-5-12(2)34-23-21(31)19(29)18(28)16(35-23)10-33-22-20(30)17(27)15(26)9-32-22/h5-7,12,14-23,26-31H,8-10H2,1-4H3/b6-5+/t12-,14-,15+,16-,17+,18-,19+,20-,21-,22+,23-/m1/s1.